The molecule has 0 unspecified atom stereocenters. The summed E-state index contributed by atoms with van der Waals surface area (Å²) in [6.07, 6.45) is -1.02. The monoisotopic (exact) mass is 516 g/mol. The SMILES string of the molecule is COC(CN1C(=O)[C@@](CC(=O)Nc2ccc(C)cc2)(NC(=O)Nc2ccc(C)cc2)c2ccccc21)OC. The fourth-order valence-electron chi connectivity index (χ4n) is 4.51. The molecule has 1 aliphatic heterocycles. The molecule has 3 aromatic carbocycles. The molecule has 0 saturated heterocycles. The molecule has 0 saturated carbocycles. The zero-order chi connectivity index (χ0) is 27.3. The molecule has 0 aliphatic carbocycles. The maximum Gasteiger partial charge on any atom is 0.320 e. The molecule has 9 nitrogen and oxygen atoms in total. The van der Waals surface area contributed by atoms with Crippen molar-refractivity contribution in [1.29, 1.82) is 0 Å². The average Bonchev–Trinajstić information content (AvgIpc) is 3.12. The lowest BCUT2D eigenvalue weighted by Crippen LogP contribution is -2.56. The molecule has 0 fully saturated rings. The Kier molecular flexibility index (Phi) is 8.09. The van der Waals surface area contributed by atoms with E-state index in [4.69, 9.17) is 9.47 Å². The molecule has 198 valence electrons. The number of para-hydroxylation sites is 1. The van der Waals surface area contributed by atoms with E-state index in [1.54, 1.807) is 48.5 Å². The molecule has 9 heteroatoms. The van der Waals surface area contributed by atoms with Crippen LogP contribution in [-0.2, 0) is 24.6 Å². The highest BCUT2D eigenvalue weighted by Crippen LogP contribution is 2.43. The van der Waals surface area contributed by atoms with Crippen molar-refractivity contribution in [2.24, 2.45) is 0 Å². The van der Waals surface area contributed by atoms with Crippen molar-refractivity contribution in [2.45, 2.75) is 32.1 Å². The zero-order valence-corrected chi connectivity index (χ0v) is 21.9. The molecule has 0 radical (unpaired) electrons. The average molecular weight is 517 g/mol. The van der Waals surface area contributed by atoms with E-state index >= 15 is 0 Å². The summed E-state index contributed by atoms with van der Waals surface area (Å²) in [5.41, 5.74) is 2.66. The van der Waals surface area contributed by atoms with E-state index in [-0.39, 0.29) is 13.0 Å². The smallest absolute Gasteiger partial charge is 0.320 e. The number of ether oxygens (including phenoxy) is 2. The summed E-state index contributed by atoms with van der Waals surface area (Å²) in [5, 5.41) is 8.47. The number of fused-ring (bicyclic) bond motifs is 1. The van der Waals surface area contributed by atoms with Crippen LogP contribution < -0.4 is 20.9 Å². The Morgan fingerprint density at radius 2 is 1.39 bits per heavy atom. The van der Waals surface area contributed by atoms with Crippen LogP contribution in [-0.4, -0.2) is 44.9 Å². The Labute approximate surface area is 222 Å². The van der Waals surface area contributed by atoms with Gasteiger partial charge in [0.05, 0.1) is 18.7 Å². The van der Waals surface area contributed by atoms with Crippen molar-refractivity contribution in [1.82, 2.24) is 5.32 Å². The summed E-state index contributed by atoms with van der Waals surface area (Å²) >= 11 is 0. The lowest BCUT2D eigenvalue weighted by molar-refractivity contribution is -0.131. The Bertz CT molecular complexity index is 1240. The van der Waals surface area contributed by atoms with E-state index in [0.29, 0.717) is 22.6 Å². The van der Waals surface area contributed by atoms with E-state index in [1.807, 2.05) is 38.1 Å². The van der Waals surface area contributed by atoms with Gasteiger partial charge in [-0.1, -0.05) is 53.6 Å². The Morgan fingerprint density at radius 1 is 0.842 bits per heavy atom. The number of carbonyl (C=O) groups is 3. The van der Waals surface area contributed by atoms with Crippen LogP contribution in [0, 0.1) is 13.8 Å². The second kappa shape index (κ2) is 11.5. The summed E-state index contributed by atoms with van der Waals surface area (Å²) < 4.78 is 10.7. The van der Waals surface area contributed by atoms with Gasteiger partial charge in [0.25, 0.3) is 5.91 Å². The van der Waals surface area contributed by atoms with Gasteiger partial charge in [-0.05, 0) is 44.2 Å². The molecular weight excluding hydrogens is 484 g/mol. The summed E-state index contributed by atoms with van der Waals surface area (Å²) in [5.74, 6) is -0.888. The maximum absolute atomic E-state index is 14.1. The van der Waals surface area contributed by atoms with Crippen molar-refractivity contribution >= 4 is 34.9 Å². The predicted octanol–water partition coefficient (Wildman–Crippen LogP) is 4.31. The number of carbonyl (C=O) groups excluding carboxylic acids is 3. The second-order valence-corrected chi connectivity index (χ2v) is 9.28. The van der Waals surface area contributed by atoms with Crippen LogP contribution in [0.1, 0.15) is 23.1 Å². The van der Waals surface area contributed by atoms with E-state index in [9.17, 15) is 14.4 Å². The number of aryl methyl sites for hydroxylation is 2. The number of urea groups is 1. The zero-order valence-electron chi connectivity index (χ0n) is 21.9. The molecule has 1 heterocycles. The highest BCUT2D eigenvalue weighted by atomic mass is 16.7. The molecule has 4 rings (SSSR count). The lowest BCUT2D eigenvalue weighted by Gasteiger charge is -2.30. The molecule has 1 atom stereocenters. The fourth-order valence-corrected chi connectivity index (χ4v) is 4.51. The summed E-state index contributed by atoms with van der Waals surface area (Å²) in [4.78, 5) is 42.2. The number of nitrogens with zero attached hydrogens (tertiary/aromatic N) is 1. The van der Waals surface area contributed by atoms with Gasteiger partial charge in [-0.15, -0.1) is 0 Å². The van der Waals surface area contributed by atoms with Crippen molar-refractivity contribution in [3.05, 3.63) is 89.5 Å². The van der Waals surface area contributed by atoms with Crippen LogP contribution in [0.15, 0.2) is 72.8 Å². The largest absolute Gasteiger partial charge is 0.354 e. The first-order valence-electron chi connectivity index (χ1n) is 12.2. The van der Waals surface area contributed by atoms with Gasteiger partial charge < -0.3 is 30.3 Å². The third-order valence-corrected chi connectivity index (χ3v) is 6.52. The number of methoxy groups -OCH3 is 2. The molecular formula is C29H32N4O5. The van der Waals surface area contributed by atoms with Gasteiger partial charge in [-0.25, -0.2) is 4.79 Å². The predicted molar refractivity (Wildman–Crippen MR) is 146 cm³/mol. The van der Waals surface area contributed by atoms with Crippen molar-refractivity contribution in [3.8, 4) is 0 Å². The van der Waals surface area contributed by atoms with Crippen LogP contribution in [0.25, 0.3) is 0 Å². The number of hydrogen-bond donors (Lipinski definition) is 3. The minimum absolute atomic E-state index is 0.0748. The maximum atomic E-state index is 14.1. The first-order valence-corrected chi connectivity index (χ1v) is 12.2. The highest BCUT2D eigenvalue weighted by Gasteiger charge is 2.53. The van der Waals surface area contributed by atoms with E-state index in [0.717, 1.165) is 11.1 Å². The van der Waals surface area contributed by atoms with Crippen molar-refractivity contribution < 1.29 is 23.9 Å². The van der Waals surface area contributed by atoms with Gasteiger partial charge >= 0.3 is 6.03 Å². The first kappa shape index (κ1) is 26.8. The van der Waals surface area contributed by atoms with Gasteiger partial charge in [0.2, 0.25) is 5.91 Å². The van der Waals surface area contributed by atoms with Crippen LogP contribution in [0.4, 0.5) is 21.9 Å². The first-order chi connectivity index (χ1) is 18.3. The number of hydrogen-bond acceptors (Lipinski definition) is 5. The molecule has 38 heavy (non-hydrogen) atoms. The minimum atomic E-state index is -1.66. The number of nitrogens with one attached hydrogen (secondary N) is 3. The van der Waals surface area contributed by atoms with Gasteiger partial charge in [0.15, 0.2) is 11.8 Å². The van der Waals surface area contributed by atoms with Crippen molar-refractivity contribution in [2.75, 3.05) is 36.3 Å². The van der Waals surface area contributed by atoms with Crippen LogP contribution in [0.2, 0.25) is 0 Å². The van der Waals surface area contributed by atoms with E-state index < -0.39 is 29.7 Å². The van der Waals surface area contributed by atoms with Gasteiger partial charge in [0.1, 0.15) is 0 Å². The number of rotatable bonds is 9. The molecule has 0 aromatic heterocycles. The molecule has 1 aliphatic rings. The molecule has 4 amide bonds. The van der Waals surface area contributed by atoms with Gasteiger partial charge in [-0.2, -0.15) is 0 Å². The third kappa shape index (κ3) is 5.69. The summed E-state index contributed by atoms with van der Waals surface area (Å²) in [6, 6.07) is 21.1. The Morgan fingerprint density at radius 3 is 1.97 bits per heavy atom. The molecule has 0 spiro atoms. The number of amides is 4. The summed E-state index contributed by atoms with van der Waals surface area (Å²) in [6.45, 7) is 3.97. The minimum Gasteiger partial charge on any atom is -0.354 e. The standard InChI is InChI=1S/C29H32N4O5/c1-19-9-13-21(14-10-19)30-25(34)17-29(32-28(36)31-22-15-11-20(2)12-16-22)23-7-5-6-8-24(23)33(27(29)35)18-26(37-3)38-4/h5-16,26H,17-18H2,1-4H3,(H,30,34)(H2,31,32,36)/t29-/m0/s1. The second-order valence-electron chi connectivity index (χ2n) is 9.28. The topological polar surface area (TPSA) is 109 Å². The third-order valence-electron chi connectivity index (χ3n) is 6.52. The van der Waals surface area contributed by atoms with Gasteiger partial charge in [0, 0.05) is 31.2 Å². The number of benzene rings is 3. The normalized spacial score (nSPS) is 16.3. The number of anilines is 3. The summed E-state index contributed by atoms with van der Waals surface area (Å²) in [7, 11) is 2.96. The van der Waals surface area contributed by atoms with E-state index in [2.05, 4.69) is 16.0 Å². The molecule has 3 N–H and O–H groups in total. The van der Waals surface area contributed by atoms with Crippen LogP contribution >= 0.6 is 0 Å². The van der Waals surface area contributed by atoms with Crippen LogP contribution in [0.3, 0.4) is 0 Å². The van der Waals surface area contributed by atoms with Gasteiger partial charge in [-0.3, -0.25) is 9.59 Å². The Hall–Kier alpha value is -4.21. The fraction of sp³-hybridized carbons (Fsp3) is 0.276. The molecule has 0 bridgehead atoms. The van der Waals surface area contributed by atoms with Crippen LogP contribution in [0.5, 0.6) is 0 Å². The lowest BCUT2D eigenvalue weighted by atomic mass is 9.87. The molecule has 3 aromatic rings. The van der Waals surface area contributed by atoms with Crippen molar-refractivity contribution in [3.63, 3.8) is 0 Å². The highest BCUT2D eigenvalue weighted by molar-refractivity contribution is 6.12. The quantitative estimate of drug-likeness (QED) is 0.367. The Balaban J connectivity index is 1.69. The van der Waals surface area contributed by atoms with E-state index in [1.165, 1.54) is 19.1 Å².